The van der Waals surface area contributed by atoms with E-state index in [-0.39, 0.29) is 41.0 Å². The highest BCUT2D eigenvalue weighted by atomic mass is 32.1. The van der Waals surface area contributed by atoms with Crippen LogP contribution in [0.3, 0.4) is 0 Å². The fraction of sp³-hybridized carbons (Fsp3) is 0.381. The molecule has 1 aliphatic carbocycles. The van der Waals surface area contributed by atoms with Crippen LogP contribution in [0, 0.1) is 5.92 Å². The molecule has 4 rings (SSSR count). The molecule has 0 bridgehead atoms. The number of pyridine rings is 1. The zero-order chi connectivity index (χ0) is 25.2. The van der Waals surface area contributed by atoms with Crippen LogP contribution in [0.1, 0.15) is 34.2 Å². The Morgan fingerprint density at radius 2 is 2.19 bits per heavy atom. The number of carbonyl (C=O) groups is 2. The van der Waals surface area contributed by atoms with Crippen molar-refractivity contribution < 1.29 is 18.4 Å². The van der Waals surface area contributed by atoms with Gasteiger partial charge < -0.3 is 20.7 Å². The Hall–Kier alpha value is -3.31. The lowest BCUT2D eigenvalue weighted by molar-refractivity contribution is -0.117. The molecule has 11 heteroatoms. The quantitative estimate of drug-likeness (QED) is 0.419. The van der Waals surface area contributed by atoms with Gasteiger partial charge in [-0.2, -0.15) is 5.10 Å². The molecule has 0 saturated heterocycles. The van der Waals surface area contributed by atoms with E-state index in [9.17, 15) is 14.4 Å². The van der Waals surface area contributed by atoms with Crippen molar-refractivity contribution in [2.24, 2.45) is 5.92 Å². The van der Waals surface area contributed by atoms with Crippen LogP contribution in [0.2, 0.25) is 0 Å². The van der Waals surface area contributed by atoms with Gasteiger partial charge in [-0.05, 0) is 19.8 Å². The van der Waals surface area contributed by atoms with Gasteiger partial charge in [0.25, 0.3) is 11.5 Å². The predicted molar refractivity (Wildman–Crippen MR) is 123 cm³/mol. The third kappa shape index (κ3) is 4.63. The van der Waals surface area contributed by atoms with Crippen molar-refractivity contribution in [2.75, 3.05) is 30.8 Å². The van der Waals surface area contributed by atoms with Gasteiger partial charge in [-0.15, -0.1) is 11.3 Å². The zero-order valence-electron chi connectivity index (χ0n) is 20.3. The van der Waals surface area contributed by atoms with E-state index in [0.29, 0.717) is 29.0 Å². The Kier molecular flexibility index (Phi) is 5.40. The number of carbonyl (C=O) groups excluding carboxylic acids is 2. The Bertz CT molecular complexity index is 1320. The minimum Gasteiger partial charge on any atom is -0.380 e. The lowest BCUT2D eigenvalue weighted by atomic mass is 10.2. The van der Waals surface area contributed by atoms with Crippen LogP contribution in [0.4, 0.5) is 17.2 Å². The van der Waals surface area contributed by atoms with E-state index in [4.69, 9.17) is 8.85 Å². The maximum absolute atomic E-state index is 13.1. The molecule has 0 aliphatic heterocycles. The Morgan fingerprint density at radius 1 is 1.34 bits per heavy atom. The van der Waals surface area contributed by atoms with Gasteiger partial charge in [-0.1, -0.05) is 0 Å². The van der Waals surface area contributed by atoms with Crippen LogP contribution in [0.25, 0.3) is 10.1 Å². The molecular weight excluding hydrogens is 432 g/mol. The second-order valence-corrected chi connectivity index (χ2v) is 8.13. The number of amides is 2. The number of anilines is 3. The van der Waals surface area contributed by atoms with Crippen LogP contribution >= 0.6 is 11.3 Å². The highest BCUT2D eigenvalue weighted by Gasteiger charge is 2.30. The van der Waals surface area contributed by atoms with E-state index in [1.165, 1.54) is 28.3 Å². The molecule has 32 heavy (non-hydrogen) atoms. The van der Waals surface area contributed by atoms with Crippen molar-refractivity contribution in [3.8, 4) is 0 Å². The summed E-state index contributed by atoms with van der Waals surface area (Å²) in [4.78, 5) is 42.0. The van der Waals surface area contributed by atoms with Crippen molar-refractivity contribution in [2.45, 2.75) is 26.3 Å². The monoisotopic (exact) mass is 459 g/mol. The van der Waals surface area contributed by atoms with Crippen LogP contribution < -0.4 is 21.5 Å². The van der Waals surface area contributed by atoms with Gasteiger partial charge in [0.15, 0.2) is 0 Å². The molecular formula is C21H24N6O4S. The number of nitrogens with zero attached hydrogens (tertiary/aromatic N) is 3. The molecule has 2 amide bonds. The van der Waals surface area contributed by atoms with Crippen LogP contribution in [-0.4, -0.2) is 46.8 Å². The highest BCUT2D eigenvalue weighted by Crippen LogP contribution is 2.33. The number of hydrogen-bond donors (Lipinski definition) is 3. The highest BCUT2D eigenvalue weighted by molar-refractivity contribution is 7.17. The average Bonchev–Trinajstić information content (AvgIpc) is 3.56. The molecule has 0 aromatic carbocycles. The standard InChI is InChI=1S/C21H24N6O4S/c1-3-31-7-6-27-21(30)18-15(11-32-16(18)10-24-27)25-14-8-17(26-19(28)12-4-5-12)23-9-13(14)20(29)22-2/h8-12H,3-7H2,1-2H3,(H,22,29)(H2,23,25,26,28)/i2D3. The summed E-state index contributed by atoms with van der Waals surface area (Å²) >= 11 is 1.29. The zero-order valence-corrected chi connectivity index (χ0v) is 18.1. The summed E-state index contributed by atoms with van der Waals surface area (Å²) in [7, 11) is 0. The van der Waals surface area contributed by atoms with Gasteiger partial charge in [0.1, 0.15) is 5.82 Å². The first-order valence-corrected chi connectivity index (χ1v) is 11.0. The Morgan fingerprint density at radius 3 is 2.94 bits per heavy atom. The second kappa shape index (κ2) is 9.45. The molecule has 168 valence electrons. The number of hydrogen-bond acceptors (Lipinski definition) is 8. The Balaban J connectivity index is 1.70. The third-order valence-electron chi connectivity index (χ3n) is 4.96. The summed E-state index contributed by atoms with van der Waals surface area (Å²) < 4.78 is 29.3. The molecule has 0 spiro atoms. The van der Waals surface area contributed by atoms with Crippen LogP contribution in [0.5, 0.6) is 0 Å². The number of rotatable bonds is 9. The largest absolute Gasteiger partial charge is 0.380 e. The van der Waals surface area contributed by atoms with Crippen LogP contribution in [-0.2, 0) is 16.1 Å². The Labute approximate surface area is 192 Å². The van der Waals surface area contributed by atoms with Gasteiger partial charge in [-0.3, -0.25) is 14.4 Å². The average molecular weight is 460 g/mol. The molecule has 1 fully saturated rings. The molecule has 3 aromatic rings. The summed E-state index contributed by atoms with van der Waals surface area (Å²) in [5.41, 5.74) is 0.201. The van der Waals surface area contributed by atoms with Gasteiger partial charge in [0.05, 0.1) is 46.4 Å². The molecule has 3 aromatic heterocycles. The third-order valence-corrected chi connectivity index (χ3v) is 5.88. The fourth-order valence-corrected chi connectivity index (χ4v) is 3.98. The van der Waals surface area contributed by atoms with Crippen molar-refractivity contribution >= 4 is 50.4 Å². The first kappa shape index (κ1) is 18.3. The molecule has 3 heterocycles. The van der Waals surface area contributed by atoms with E-state index >= 15 is 0 Å². The summed E-state index contributed by atoms with van der Waals surface area (Å²) in [5.74, 6) is -0.914. The van der Waals surface area contributed by atoms with Gasteiger partial charge >= 0.3 is 0 Å². The molecule has 0 unspecified atom stereocenters. The normalized spacial score (nSPS) is 15.0. The van der Waals surface area contributed by atoms with E-state index in [2.05, 4.69) is 20.7 Å². The van der Waals surface area contributed by atoms with Crippen molar-refractivity contribution in [1.82, 2.24) is 20.1 Å². The van der Waals surface area contributed by atoms with Gasteiger partial charge in [-0.25, -0.2) is 9.67 Å². The first-order valence-electron chi connectivity index (χ1n) is 11.6. The summed E-state index contributed by atoms with van der Waals surface area (Å²) in [5, 5.41) is 13.9. The first-order chi connectivity index (χ1) is 16.7. The topological polar surface area (TPSA) is 127 Å². The molecule has 0 radical (unpaired) electrons. The molecule has 1 aliphatic rings. The van der Waals surface area contributed by atoms with E-state index < -0.39 is 12.9 Å². The maximum Gasteiger partial charge on any atom is 0.277 e. The number of fused-ring (bicyclic) bond motifs is 1. The number of aromatic nitrogens is 3. The van der Waals surface area contributed by atoms with Crippen molar-refractivity contribution in [3.05, 3.63) is 39.8 Å². The molecule has 1 saturated carbocycles. The second-order valence-electron chi connectivity index (χ2n) is 7.22. The SMILES string of the molecule is [2H]C([2H])([2H])NC(=O)c1cnc(NC(=O)C2CC2)cc1Nc1csc2cnn(CCOCC)c(=O)c12. The van der Waals surface area contributed by atoms with Gasteiger partial charge in [0, 0.05) is 41.3 Å². The summed E-state index contributed by atoms with van der Waals surface area (Å²) in [6, 6.07) is 1.44. The number of nitrogens with one attached hydrogen (secondary N) is 3. The maximum atomic E-state index is 13.1. The van der Waals surface area contributed by atoms with Crippen LogP contribution in [0.15, 0.2) is 28.6 Å². The van der Waals surface area contributed by atoms with E-state index in [1.54, 1.807) is 11.6 Å². The van der Waals surface area contributed by atoms with Gasteiger partial charge in [0.2, 0.25) is 5.91 Å². The molecule has 10 nitrogen and oxygen atoms in total. The molecule has 0 atom stereocenters. The fourth-order valence-electron chi connectivity index (χ4n) is 3.13. The minimum atomic E-state index is -2.71. The number of thiophene rings is 1. The van der Waals surface area contributed by atoms with Crippen molar-refractivity contribution in [1.29, 1.82) is 0 Å². The lowest BCUT2D eigenvalue weighted by Crippen LogP contribution is -2.25. The number of ether oxygens (including phenoxy) is 1. The summed E-state index contributed by atoms with van der Waals surface area (Å²) in [6.45, 7) is 0.274. The lowest BCUT2D eigenvalue weighted by Gasteiger charge is -2.13. The summed E-state index contributed by atoms with van der Waals surface area (Å²) in [6.07, 6.45) is 4.37. The predicted octanol–water partition coefficient (Wildman–Crippen LogP) is 2.34. The smallest absolute Gasteiger partial charge is 0.277 e. The van der Waals surface area contributed by atoms with E-state index in [0.717, 1.165) is 12.8 Å². The van der Waals surface area contributed by atoms with Crippen molar-refractivity contribution in [3.63, 3.8) is 0 Å². The minimum absolute atomic E-state index is 0.0596. The molecule has 3 N–H and O–H groups in total. The van der Waals surface area contributed by atoms with E-state index in [1.807, 2.05) is 12.2 Å².